The first-order valence-electron chi connectivity index (χ1n) is 8.62. The SMILES string of the molecule is CCOC(C(=O)C1CC(C)(C)OC1(C)C)C1CCCCC1. The highest BCUT2D eigenvalue weighted by atomic mass is 16.5. The summed E-state index contributed by atoms with van der Waals surface area (Å²) in [6.07, 6.45) is 6.61. The minimum Gasteiger partial charge on any atom is -0.370 e. The van der Waals surface area contributed by atoms with E-state index in [0.29, 0.717) is 12.5 Å². The highest BCUT2D eigenvalue weighted by molar-refractivity contribution is 5.87. The van der Waals surface area contributed by atoms with Crippen LogP contribution in [0.5, 0.6) is 0 Å². The molecule has 1 aliphatic carbocycles. The zero-order chi connectivity index (χ0) is 15.7. The molecule has 3 nitrogen and oxygen atoms in total. The third-order valence-corrected chi connectivity index (χ3v) is 5.12. The number of carbonyl (C=O) groups excluding carboxylic acids is 1. The minimum atomic E-state index is -0.384. The average molecular weight is 296 g/mol. The number of hydrogen-bond acceptors (Lipinski definition) is 3. The third-order valence-electron chi connectivity index (χ3n) is 5.12. The second kappa shape index (κ2) is 6.37. The summed E-state index contributed by atoms with van der Waals surface area (Å²) in [5.74, 6) is 0.635. The van der Waals surface area contributed by atoms with Gasteiger partial charge in [-0.05, 0) is 59.8 Å². The van der Waals surface area contributed by atoms with Gasteiger partial charge >= 0.3 is 0 Å². The monoisotopic (exact) mass is 296 g/mol. The van der Waals surface area contributed by atoms with E-state index in [4.69, 9.17) is 9.47 Å². The molecule has 21 heavy (non-hydrogen) atoms. The summed E-state index contributed by atoms with van der Waals surface area (Å²) >= 11 is 0. The van der Waals surface area contributed by atoms with Crippen molar-refractivity contribution in [3.8, 4) is 0 Å². The average Bonchev–Trinajstić information content (AvgIpc) is 2.64. The predicted octanol–water partition coefficient (Wildman–Crippen LogP) is 4.13. The molecular formula is C18H32O3. The minimum absolute atomic E-state index is 0.0500. The first kappa shape index (κ1) is 17.0. The van der Waals surface area contributed by atoms with Gasteiger partial charge in [0.2, 0.25) is 0 Å². The maximum atomic E-state index is 13.1. The Morgan fingerprint density at radius 1 is 1.19 bits per heavy atom. The van der Waals surface area contributed by atoms with E-state index >= 15 is 0 Å². The molecule has 0 spiro atoms. The molecule has 0 aromatic carbocycles. The van der Waals surface area contributed by atoms with E-state index in [0.717, 1.165) is 19.3 Å². The van der Waals surface area contributed by atoms with Crippen molar-refractivity contribution in [2.75, 3.05) is 6.61 Å². The van der Waals surface area contributed by atoms with Crippen LogP contribution in [-0.2, 0) is 14.3 Å². The van der Waals surface area contributed by atoms with E-state index in [-0.39, 0.29) is 29.0 Å². The van der Waals surface area contributed by atoms with Crippen LogP contribution in [0.25, 0.3) is 0 Å². The van der Waals surface area contributed by atoms with Crippen LogP contribution in [0.4, 0.5) is 0 Å². The summed E-state index contributed by atoms with van der Waals surface area (Å²) in [5.41, 5.74) is -0.599. The summed E-state index contributed by atoms with van der Waals surface area (Å²) in [4.78, 5) is 13.1. The number of Topliss-reactive ketones (excluding diaryl/α,β-unsaturated/α-hetero) is 1. The summed E-state index contributed by atoms with van der Waals surface area (Å²) in [5, 5.41) is 0. The largest absolute Gasteiger partial charge is 0.370 e. The molecule has 1 saturated heterocycles. The molecule has 1 aliphatic heterocycles. The van der Waals surface area contributed by atoms with Crippen molar-refractivity contribution < 1.29 is 14.3 Å². The number of ether oxygens (including phenoxy) is 2. The van der Waals surface area contributed by atoms with Gasteiger partial charge in [-0.2, -0.15) is 0 Å². The van der Waals surface area contributed by atoms with E-state index in [1.165, 1.54) is 19.3 Å². The summed E-state index contributed by atoms with van der Waals surface area (Å²) in [6.45, 7) is 10.9. The Labute approximate surface area is 129 Å². The molecule has 2 rings (SSSR count). The van der Waals surface area contributed by atoms with Crippen molar-refractivity contribution in [3.05, 3.63) is 0 Å². The van der Waals surface area contributed by atoms with Crippen molar-refractivity contribution >= 4 is 5.78 Å². The van der Waals surface area contributed by atoms with Crippen LogP contribution in [0.15, 0.2) is 0 Å². The fourth-order valence-electron chi connectivity index (χ4n) is 4.27. The van der Waals surface area contributed by atoms with E-state index in [1.807, 2.05) is 20.8 Å². The first-order valence-corrected chi connectivity index (χ1v) is 8.62. The van der Waals surface area contributed by atoms with Crippen LogP contribution in [0.3, 0.4) is 0 Å². The number of carbonyl (C=O) groups is 1. The Balaban J connectivity index is 2.14. The second-order valence-corrected chi connectivity index (χ2v) is 7.90. The molecule has 0 aromatic heterocycles. The topological polar surface area (TPSA) is 35.5 Å². The van der Waals surface area contributed by atoms with Crippen LogP contribution in [0.1, 0.15) is 73.1 Å². The molecule has 2 unspecified atom stereocenters. The van der Waals surface area contributed by atoms with Gasteiger partial charge in [-0.25, -0.2) is 0 Å². The zero-order valence-electron chi connectivity index (χ0n) is 14.4. The molecule has 3 heteroatoms. The Morgan fingerprint density at radius 2 is 1.81 bits per heavy atom. The molecule has 0 N–H and O–H groups in total. The van der Waals surface area contributed by atoms with Crippen LogP contribution >= 0.6 is 0 Å². The van der Waals surface area contributed by atoms with Crippen LogP contribution < -0.4 is 0 Å². The van der Waals surface area contributed by atoms with Crippen molar-refractivity contribution in [2.45, 2.75) is 90.4 Å². The lowest BCUT2D eigenvalue weighted by Crippen LogP contribution is -2.43. The molecule has 1 saturated carbocycles. The smallest absolute Gasteiger partial charge is 0.167 e. The van der Waals surface area contributed by atoms with Crippen LogP contribution in [0, 0.1) is 11.8 Å². The normalized spacial score (nSPS) is 30.2. The second-order valence-electron chi connectivity index (χ2n) is 7.90. The van der Waals surface area contributed by atoms with Gasteiger partial charge in [0.25, 0.3) is 0 Å². The fraction of sp³-hybridized carbons (Fsp3) is 0.944. The molecule has 2 atom stereocenters. The van der Waals surface area contributed by atoms with Gasteiger partial charge < -0.3 is 9.47 Å². The van der Waals surface area contributed by atoms with Crippen molar-refractivity contribution in [2.24, 2.45) is 11.8 Å². The summed E-state index contributed by atoms with van der Waals surface area (Å²) < 4.78 is 12.0. The quantitative estimate of drug-likeness (QED) is 0.765. The number of hydrogen-bond donors (Lipinski definition) is 0. The van der Waals surface area contributed by atoms with Crippen molar-refractivity contribution in [3.63, 3.8) is 0 Å². The summed E-state index contributed by atoms with van der Waals surface area (Å²) in [7, 11) is 0. The maximum absolute atomic E-state index is 13.1. The molecule has 0 radical (unpaired) electrons. The molecular weight excluding hydrogens is 264 g/mol. The summed E-state index contributed by atoms with van der Waals surface area (Å²) in [6, 6.07) is 0. The van der Waals surface area contributed by atoms with Gasteiger partial charge in [0.05, 0.1) is 17.1 Å². The molecule has 122 valence electrons. The van der Waals surface area contributed by atoms with Gasteiger partial charge in [-0.15, -0.1) is 0 Å². The molecule has 1 heterocycles. The van der Waals surface area contributed by atoms with Gasteiger partial charge in [-0.1, -0.05) is 19.3 Å². The van der Waals surface area contributed by atoms with Crippen molar-refractivity contribution in [1.82, 2.24) is 0 Å². The Bertz CT molecular complexity index is 367. The fourth-order valence-corrected chi connectivity index (χ4v) is 4.27. The van der Waals surface area contributed by atoms with Crippen LogP contribution in [0.2, 0.25) is 0 Å². The van der Waals surface area contributed by atoms with Gasteiger partial charge in [0.15, 0.2) is 5.78 Å². The van der Waals surface area contributed by atoms with Crippen LogP contribution in [-0.4, -0.2) is 29.7 Å². The lowest BCUT2D eigenvalue weighted by Gasteiger charge is -2.33. The molecule has 2 fully saturated rings. The predicted molar refractivity (Wildman–Crippen MR) is 84.3 cm³/mol. The lowest BCUT2D eigenvalue weighted by molar-refractivity contribution is -0.145. The van der Waals surface area contributed by atoms with Crippen molar-refractivity contribution in [1.29, 1.82) is 0 Å². The highest BCUT2D eigenvalue weighted by Crippen LogP contribution is 2.44. The highest BCUT2D eigenvalue weighted by Gasteiger charge is 2.51. The van der Waals surface area contributed by atoms with Gasteiger partial charge in [-0.3, -0.25) is 4.79 Å². The lowest BCUT2D eigenvalue weighted by atomic mass is 9.76. The Hall–Kier alpha value is -0.410. The Morgan fingerprint density at radius 3 is 2.29 bits per heavy atom. The van der Waals surface area contributed by atoms with E-state index < -0.39 is 0 Å². The van der Waals surface area contributed by atoms with E-state index in [2.05, 4.69) is 13.8 Å². The maximum Gasteiger partial charge on any atom is 0.167 e. The molecule has 2 aliphatic rings. The van der Waals surface area contributed by atoms with E-state index in [1.54, 1.807) is 0 Å². The van der Waals surface area contributed by atoms with Gasteiger partial charge in [0, 0.05) is 6.61 Å². The number of ketones is 1. The third kappa shape index (κ3) is 3.87. The Kier molecular flexibility index (Phi) is 5.15. The standard InChI is InChI=1S/C18H32O3/c1-6-20-16(13-10-8-7-9-11-13)15(19)14-12-17(2,3)21-18(14,4)5/h13-14,16H,6-12H2,1-5H3. The first-order chi connectivity index (χ1) is 9.77. The van der Waals surface area contributed by atoms with Gasteiger partial charge in [0.1, 0.15) is 6.10 Å². The number of rotatable bonds is 5. The molecule has 0 amide bonds. The zero-order valence-corrected chi connectivity index (χ0v) is 14.4. The molecule has 0 bridgehead atoms. The van der Waals surface area contributed by atoms with E-state index in [9.17, 15) is 4.79 Å². The molecule has 0 aromatic rings.